The van der Waals surface area contributed by atoms with E-state index in [-0.39, 0.29) is 28.6 Å². The number of carbonyl (C=O) groups is 1. The van der Waals surface area contributed by atoms with Gasteiger partial charge >= 0.3 is 5.97 Å². The van der Waals surface area contributed by atoms with Crippen molar-refractivity contribution in [2.75, 3.05) is 12.3 Å². The number of carbonyl (C=O) groups excluding carboxylic acids is 1. The first-order chi connectivity index (χ1) is 9.99. The van der Waals surface area contributed by atoms with E-state index in [0.29, 0.717) is 16.0 Å². The van der Waals surface area contributed by atoms with Crippen LogP contribution in [-0.4, -0.2) is 12.6 Å². The third kappa shape index (κ3) is 2.73. The SMILES string of the molecule is CCOC(=O)c1c(-c2ccc(F)cc2C)sc(N)c1C#N. The van der Waals surface area contributed by atoms with Crippen molar-refractivity contribution in [1.29, 1.82) is 5.26 Å². The maximum Gasteiger partial charge on any atom is 0.341 e. The first kappa shape index (κ1) is 15.0. The zero-order valence-corrected chi connectivity index (χ0v) is 12.4. The summed E-state index contributed by atoms with van der Waals surface area (Å²) in [4.78, 5) is 12.6. The topological polar surface area (TPSA) is 76.1 Å². The highest BCUT2D eigenvalue weighted by Crippen LogP contribution is 2.40. The average molecular weight is 304 g/mol. The monoisotopic (exact) mass is 304 g/mol. The van der Waals surface area contributed by atoms with Crippen molar-refractivity contribution < 1.29 is 13.9 Å². The van der Waals surface area contributed by atoms with Gasteiger partial charge in [0, 0.05) is 0 Å². The number of hydrogen-bond donors (Lipinski definition) is 1. The van der Waals surface area contributed by atoms with Crippen molar-refractivity contribution in [2.45, 2.75) is 13.8 Å². The maximum absolute atomic E-state index is 13.2. The van der Waals surface area contributed by atoms with E-state index in [1.807, 2.05) is 6.07 Å². The van der Waals surface area contributed by atoms with E-state index in [2.05, 4.69) is 0 Å². The molecule has 2 aromatic rings. The summed E-state index contributed by atoms with van der Waals surface area (Å²) in [7, 11) is 0. The molecule has 0 saturated carbocycles. The van der Waals surface area contributed by atoms with Crippen molar-refractivity contribution >= 4 is 22.3 Å². The number of thiophene rings is 1. The van der Waals surface area contributed by atoms with Gasteiger partial charge in [-0.25, -0.2) is 9.18 Å². The Kier molecular flexibility index (Phi) is 4.24. The van der Waals surface area contributed by atoms with Crippen molar-refractivity contribution in [2.24, 2.45) is 0 Å². The van der Waals surface area contributed by atoms with Gasteiger partial charge in [0.1, 0.15) is 22.5 Å². The second kappa shape index (κ2) is 5.94. The molecule has 0 aliphatic carbocycles. The van der Waals surface area contributed by atoms with Crippen LogP contribution in [0.1, 0.15) is 28.4 Å². The molecule has 6 heteroatoms. The number of nitrogens with zero attached hydrogens (tertiary/aromatic N) is 1. The minimum absolute atomic E-state index is 0.108. The molecule has 21 heavy (non-hydrogen) atoms. The Balaban J connectivity index is 2.69. The molecule has 2 N–H and O–H groups in total. The molecule has 4 nitrogen and oxygen atoms in total. The van der Waals surface area contributed by atoms with Gasteiger partial charge in [0.15, 0.2) is 0 Å². The van der Waals surface area contributed by atoms with Crippen LogP contribution in [0.5, 0.6) is 0 Å². The van der Waals surface area contributed by atoms with Crippen molar-refractivity contribution in [3.8, 4) is 16.5 Å². The van der Waals surface area contributed by atoms with Gasteiger partial charge < -0.3 is 10.5 Å². The van der Waals surface area contributed by atoms with Gasteiger partial charge in [-0.05, 0) is 37.1 Å². The van der Waals surface area contributed by atoms with Gasteiger partial charge in [0.05, 0.1) is 17.0 Å². The van der Waals surface area contributed by atoms with E-state index >= 15 is 0 Å². The van der Waals surface area contributed by atoms with Crippen molar-refractivity contribution in [3.05, 3.63) is 40.7 Å². The second-order valence-electron chi connectivity index (χ2n) is 4.34. The van der Waals surface area contributed by atoms with E-state index in [9.17, 15) is 14.4 Å². The van der Waals surface area contributed by atoms with E-state index in [0.717, 1.165) is 11.3 Å². The lowest BCUT2D eigenvalue weighted by molar-refractivity contribution is 0.0527. The van der Waals surface area contributed by atoms with Gasteiger partial charge in [0.2, 0.25) is 0 Å². The van der Waals surface area contributed by atoms with E-state index in [4.69, 9.17) is 10.5 Å². The number of aryl methyl sites for hydroxylation is 1. The van der Waals surface area contributed by atoms with Gasteiger partial charge in [-0.3, -0.25) is 0 Å². The standard InChI is InChI=1S/C15H13FN2O2S/c1-3-20-15(19)12-11(7-17)14(18)21-13(12)10-5-4-9(16)6-8(10)2/h4-6H,3,18H2,1-2H3. The van der Waals surface area contributed by atoms with Crippen LogP contribution in [0.25, 0.3) is 10.4 Å². The molecular formula is C15H13FN2O2S. The number of esters is 1. The smallest absolute Gasteiger partial charge is 0.341 e. The van der Waals surface area contributed by atoms with Crippen LogP contribution in [0.2, 0.25) is 0 Å². The molecular weight excluding hydrogens is 291 g/mol. The highest BCUT2D eigenvalue weighted by Gasteiger charge is 2.25. The molecule has 0 unspecified atom stereocenters. The molecule has 2 rings (SSSR count). The summed E-state index contributed by atoms with van der Waals surface area (Å²) in [5, 5.41) is 9.45. The number of anilines is 1. The number of benzene rings is 1. The van der Waals surface area contributed by atoms with Crippen LogP contribution in [-0.2, 0) is 4.74 Å². The highest BCUT2D eigenvalue weighted by molar-refractivity contribution is 7.20. The van der Waals surface area contributed by atoms with E-state index < -0.39 is 5.97 Å². The van der Waals surface area contributed by atoms with Crippen molar-refractivity contribution in [3.63, 3.8) is 0 Å². The van der Waals surface area contributed by atoms with Crippen LogP contribution in [0.3, 0.4) is 0 Å². The Labute approximate surface area is 125 Å². The lowest BCUT2D eigenvalue weighted by Crippen LogP contribution is -2.07. The predicted molar refractivity (Wildman–Crippen MR) is 79.5 cm³/mol. The molecule has 0 amide bonds. The fourth-order valence-corrected chi connectivity index (χ4v) is 3.13. The summed E-state index contributed by atoms with van der Waals surface area (Å²) in [5.74, 6) is -0.959. The molecule has 1 heterocycles. The molecule has 1 aromatic carbocycles. The normalized spacial score (nSPS) is 10.2. The number of nitriles is 1. The van der Waals surface area contributed by atoms with Gasteiger partial charge in [0.25, 0.3) is 0 Å². The number of ether oxygens (including phenoxy) is 1. The number of nitrogen functional groups attached to an aromatic ring is 1. The van der Waals surface area contributed by atoms with Crippen LogP contribution in [0, 0.1) is 24.1 Å². The quantitative estimate of drug-likeness (QED) is 0.881. The third-order valence-electron chi connectivity index (χ3n) is 2.96. The van der Waals surface area contributed by atoms with Crippen molar-refractivity contribution in [1.82, 2.24) is 0 Å². The Morgan fingerprint density at radius 2 is 2.24 bits per heavy atom. The molecule has 0 radical (unpaired) electrons. The fourth-order valence-electron chi connectivity index (χ4n) is 2.03. The molecule has 0 aliphatic rings. The van der Waals surface area contributed by atoms with E-state index in [1.165, 1.54) is 12.1 Å². The van der Waals surface area contributed by atoms with Gasteiger partial charge in [-0.2, -0.15) is 5.26 Å². The highest BCUT2D eigenvalue weighted by atomic mass is 32.1. The zero-order valence-electron chi connectivity index (χ0n) is 11.6. The fraction of sp³-hybridized carbons (Fsp3) is 0.200. The summed E-state index contributed by atoms with van der Waals surface area (Å²) in [6.07, 6.45) is 0. The number of nitrogens with two attached hydrogens (primary N) is 1. The number of halogens is 1. The first-order valence-electron chi connectivity index (χ1n) is 6.25. The largest absolute Gasteiger partial charge is 0.462 e. The lowest BCUT2D eigenvalue weighted by Gasteiger charge is -2.07. The van der Waals surface area contributed by atoms with Gasteiger partial charge in [-0.15, -0.1) is 11.3 Å². The van der Waals surface area contributed by atoms with Crippen LogP contribution in [0.4, 0.5) is 9.39 Å². The molecule has 0 fully saturated rings. The molecule has 0 saturated heterocycles. The Morgan fingerprint density at radius 1 is 1.52 bits per heavy atom. The Morgan fingerprint density at radius 3 is 2.81 bits per heavy atom. The second-order valence-corrected chi connectivity index (χ2v) is 5.39. The first-order valence-corrected chi connectivity index (χ1v) is 7.07. The van der Waals surface area contributed by atoms with Crippen LogP contribution < -0.4 is 5.73 Å². The maximum atomic E-state index is 13.2. The Bertz CT molecular complexity index is 747. The molecule has 0 atom stereocenters. The number of hydrogen-bond acceptors (Lipinski definition) is 5. The van der Waals surface area contributed by atoms with Gasteiger partial charge in [-0.1, -0.05) is 6.07 Å². The summed E-state index contributed by atoms with van der Waals surface area (Å²) >= 11 is 1.12. The zero-order chi connectivity index (χ0) is 15.6. The third-order valence-corrected chi connectivity index (χ3v) is 4.01. The summed E-state index contributed by atoms with van der Waals surface area (Å²) in [6, 6.07) is 6.18. The average Bonchev–Trinajstić information content (AvgIpc) is 2.75. The summed E-state index contributed by atoms with van der Waals surface area (Å²) in [6.45, 7) is 3.61. The Hall–Kier alpha value is -2.39. The van der Waals surface area contributed by atoms with Crippen LogP contribution >= 0.6 is 11.3 Å². The summed E-state index contributed by atoms with van der Waals surface area (Å²) in [5.41, 5.74) is 7.40. The molecule has 0 spiro atoms. The molecule has 0 aliphatic heterocycles. The van der Waals surface area contributed by atoms with Crippen LogP contribution in [0.15, 0.2) is 18.2 Å². The number of rotatable bonds is 3. The molecule has 1 aromatic heterocycles. The lowest BCUT2D eigenvalue weighted by atomic mass is 10.0. The summed E-state index contributed by atoms with van der Waals surface area (Å²) < 4.78 is 18.2. The molecule has 0 bridgehead atoms. The predicted octanol–water partition coefficient (Wildman–Crippen LogP) is 3.49. The minimum Gasteiger partial charge on any atom is -0.462 e. The minimum atomic E-state index is -0.597. The van der Waals surface area contributed by atoms with E-state index in [1.54, 1.807) is 19.9 Å². The molecule has 108 valence electrons.